The van der Waals surface area contributed by atoms with E-state index >= 15 is 0 Å². The summed E-state index contributed by atoms with van der Waals surface area (Å²) in [6, 6.07) is 10.7. The summed E-state index contributed by atoms with van der Waals surface area (Å²) in [5.41, 5.74) is 0.559. The molecule has 0 N–H and O–H groups in total. The Hall–Kier alpha value is -2.81. The van der Waals surface area contributed by atoms with Gasteiger partial charge in [0.1, 0.15) is 6.54 Å². The molecule has 0 fully saturated rings. The van der Waals surface area contributed by atoms with Crippen molar-refractivity contribution in [2.45, 2.75) is 18.6 Å². The Bertz CT molecular complexity index is 1310. The lowest BCUT2D eigenvalue weighted by atomic mass is 9.93. The summed E-state index contributed by atoms with van der Waals surface area (Å²) in [6.07, 6.45) is -2.52. The molecule has 0 radical (unpaired) electrons. The molecule has 1 aliphatic rings. The zero-order valence-corrected chi connectivity index (χ0v) is 21.2. The average Bonchev–Trinajstić information content (AvgIpc) is 3.31. The summed E-state index contributed by atoms with van der Waals surface area (Å²) in [6.45, 7) is 3.69. The van der Waals surface area contributed by atoms with Gasteiger partial charge in [0, 0.05) is 33.6 Å². The Labute approximate surface area is 220 Å². The fourth-order valence-electron chi connectivity index (χ4n) is 4.28. The molecular weight excluding hydrogens is 532 g/mol. The predicted octanol–water partition coefficient (Wildman–Crippen LogP) is 6.88. The molecule has 1 aromatic heterocycles. The number of hydrogen-bond acceptors (Lipinski definition) is 3. The summed E-state index contributed by atoms with van der Waals surface area (Å²) in [4.78, 5) is 30.7. The van der Waals surface area contributed by atoms with Crippen LogP contribution in [0.5, 0.6) is 0 Å². The van der Waals surface area contributed by atoms with Crippen molar-refractivity contribution in [1.29, 1.82) is 0 Å². The molecule has 3 aromatic rings. The number of fused-ring (bicyclic) bond motifs is 1. The highest BCUT2D eigenvalue weighted by molar-refractivity contribution is 7.10. The topological polar surface area (TPSA) is 40.6 Å². The van der Waals surface area contributed by atoms with E-state index in [1.165, 1.54) is 23.1 Å². The number of carbonyl (C=O) groups excluding carboxylic acids is 2. The van der Waals surface area contributed by atoms with Gasteiger partial charge in [0.15, 0.2) is 0 Å². The van der Waals surface area contributed by atoms with Crippen LogP contribution in [0.15, 0.2) is 66.6 Å². The molecule has 0 spiro atoms. The van der Waals surface area contributed by atoms with Gasteiger partial charge in [-0.25, -0.2) is 0 Å². The zero-order valence-electron chi connectivity index (χ0n) is 18.9. The molecule has 4 rings (SSSR count). The first-order valence-electron chi connectivity index (χ1n) is 11.0. The number of thiophene rings is 1. The number of halogens is 5. The van der Waals surface area contributed by atoms with E-state index < -0.39 is 23.7 Å². The molecule has 1 atom stereocenters. The van der Waals surface area contributed by atoms with Crippen molar-refractivity contribution in [2.75, 3.05) is 19.6 Å². The summed E-state index contributed by atoms with van der Waals surface area (Å²) < 4.78 is 39.5. The maximum atomic E-state index is 13.6. The van der Waals surface area contributed by atoms with E-state index in [4.69, 9.17) is 23.2 Å². The molecule has 0 saturated carbocycles. The van der Waals surface area contributed by atoms with Gasteiger partial charge in [-0.2, -0.15) is 13.2 Å². The minimum absolute atomic E-state index is 0.00920. The van der Waals surface area contributed by atoms with Crippen LogP contribution in [0.2, 0.25) is 10.0 Å². The third kappa shape index (κ3) is 5.45. The van der Waals surface area contributed by atoms with Gasteiger partial charge in [-0.15, -0.1) is 17.9 Å². The van der Waals surface area contributed by atoms with Crippen molar-refractivity contribution >= 4 is 46.4 Å². The first-order chi connectivity index (χ1) is 17.1. The fourth-order valence-corrected chi connectivity index (χ4v) is 5.70. The molecule has 0 aliphatic carbocycles. The van der Waals surface area contributed by atoms with E-state index in [0.29, 0.717) is 28.6 Å². The van der Waals surface area contributed by atoms with Crippen LogP contribution in [-0.4, -0.2) is 41.2 Å². The second-order valence-electron chi connectivity index (χ2n) is 8.26. The molecule has 188 valence electrons. The first-order valence-corrected chi connectivity index (χ1v) is 12.6. The van der Waals surface area contributed by atoms with Gasteiger partial charge in [0.05, 0.1) is 11.6 Å². The van der Waals surface area contributed by atoms with Gasteiger partial charge in [0.25, 0.3) is 5.91 Å². The van der Waals surface area contributed by atoms with E-state index in [2.05, 4.69) is 6.58 Å². The summed E-state index contributed by atoms with van der Waals surface area (Å²) >= 11 is 14.2. The maximum Gasteiger partial charge on any atom is 0.416 e. The van der Waals surface area contributed by atoms with Gasteiger partial charge < -0.3 is 9.80 Å². The minimum Gasteiger partial charge on any atom is -0.330 e. The average molecular weight is 553 g/mol. The largest absolute Gasteiger partial charge is 0.416 e. The Kier molecular flexibility index (Phi) is 7.78. The van der Waals surface area contributed by atoms with Crippen LogP contribution in [0.3, 0.4) is 0 Å². The number of nitrogens with zero attached hydrogens (tertiary/aromatic N) is 2. The van der Waals surface area contributed by atoms with Crippen molar-refractivity contribution in [3.05, 3.63) is 104 Å². The predicted molar refractivity (Wildman–Crippen MR) is 136 cm³/mol. The standard InChI is InChI=1S/C26H21Cl2F3N2O2S/c1-2-10-32(25(35)16-4-3-5-17(13-16)26(29,30)31)15-23(34)33-11-8-22-20(9-12-36-22)24(33)19-7-6-18(27)14-21(19)28/h2-7,9,12-14,24H,1,8,10-11,15H2. The van der Waals surface area contributed by atoms with Gasteiger partial charge >= 0.3 is 6.18 Å². The Morgan fingerprint density at radius 3 is 2.61 bits per heavy atom. The quantitative estimate of drug-likeness (QED) is 0.313. The fraction of sp³-hybridized carbons (Fsp3) is 0.231. The van der Waals surface area contributed by atoms with Crippen LogP contribution in [0.1, 0.15) is 38.0 Å². The summed E-state index contributed by atoms with van der Waals surface area (Å²) in [5, 5.41) is 2.83. The number of carbonyl (C=O) groups is 2. The molecule has 10 heteroatoms. The first kappa shape index (κ1) is 26.3. The third-order valence-electron chi connectivity index (χ3n) is 5.94. The van der Waals surface area contributed by atoms with Crippen molar-refractivity contribution in [3.63, 3.8) is 0 Å². The number of rotatable bonds is 6. The second kappa shape index (κ2) is 10.7. The van der Waals surface area contributed by atoms with E-state index in [0.717, 1.165) is 22.6 Å². The second-order valence-corrected chi connectivity index (χ2v) is 10.1. The number of benzene rings is 2. The highest BCUT2D eigenvalue weighted by Crippen LogP contribution is 2.41. The molecule has 1 unspecified atom stereocenters. The van der Waals surface area contributed by atoms with E-state index in [1.54, 1.807) is 34.4 Å². The van der Waals surface area contributed by atoms with Crippen LogP contribution in [-0.2, 0) is 17.4 Å². The molecule has 36 heavy (non-hydrogen) atoms. The van der Waals surface area contributed by atoms with Gasteiger partial charge in [-0.05, 0) is 59.3 Å². The van der Waals surface area contributed by atoms with Crippen molar-refractivity contribution in [1.82, 2.24) is 9.80 Å². The molecule has 2 aromatic carbocycles. The highest BCUT2D eigenvalue weighted by Gasteiger charge is 2.36. The Morgan fingerprint density at radius 2 is 1.92 bits per heavy atom. The minimum atomic E-state index is -4.59. The summed E-state index contributed by atoms with van der Waals surface area (Å²) in [7, 11) is 0. The van der Waals surface area contributed by atoms with Crippen LogP contribution in [0.25, 0.3) is 0 Å². The molecular formula is C26H21Cl2F3N2O2S. The van der Waals surface area contributed by atoms with Crippen molar-refractivity contribution in [2.24, 2.45) is 0 Å². The molecule has 2 amide bonds. The Morgan fingerprint density at radius 1 is 1.14 bits per heavy atom. The van der Waals surface area contributed by atoms with Crippen LogP contribution < -0.4 is 0 Å². The van der Waals surface area contributed by atoms with Gasteiger partial charge in [0.2, 0.25) is 5.91 Å². The molecule has 2 heterocycles. The molecule has 1 aliphatic heterocycles. The van der Waals surface area contributed by atoms with Crippen LogP contribution in [0.4, 0.5) is 13.2 Å². The number of alkyl halides is 3. The molecule has 4 nitrogen and oxygen atoms in total. The van der Waals surface area contributed by atoms with Gasteiger partial charge in [-0.1, -0.05) is 41.4 Å². The lowest BCUT2D eigenvalue weighted by Crippen LogP contribution is -2.47. The lowest BCUT2D eigenvalue weighted by molar-refractivity contribution is -0.137. The monoisotopic (exact) mass is 552 g/mol. The van der Waals surface area contributed by atoms with E-state index in [1.807, 2.05) is 11.4 Å². The lowest BCUT2D eigenvalue weighted by Gasteiger charge is -2.38. The SMILES string of the molecule is C=CCN(CC(=O)N1CCc2sccc2C1c1ccc(Cl)cc1Cl)C(=O)c1cccc(C(F)(F)F)c1. The van der Waals surface area contributed by atoms with E-state index in [9.17, 15) is 22.8 Å². The summed E-state index contributed by atoms with van der Waals surface area (Å²) in [5.74, 6) is -1.05. The smallest absolute Gasteiger partial charge is 0.330 e. The van der Waals surface area contributed by atoms with Crippen LogP contribution in [0, 0.1) is 0 Å². The van der Waals surface area contributed by atoms with E-state index in [-0.39, 0.29) is 24.6 Å². The number of hydrogen-bond donors (Lipinski definition) is 0. The normalized spacial score (nSPS) is 15.4. The Balaban J connectivity index is 1.64. The molecule has 0 saturated heterocycles. The van der Waals surface area contributed by atoms with Crippen molar-refractivity contribution in [3.8, 4) is 0 Å². The van der Waals surface area contributed by atoms with Crippen molar-refractivity contribution < 1.29 is 22.8 Å². The zero-order chi connectivity index (χ0) is 26.0. The van der Waals surface area contributed by atoms with Crippen LogP contribution >= 0.6 is 34.5 Å². The highest BCUT2D eigenvalue weighted by atomic mass is 35.5. The number of amides is 2. The molecule has 0 bridgehead atoms. The maximum absolute atomic E-state index is 13.6. The van der Waals surface area contributed by atoms with Gasteiger partial charge in [-0.3, -0.25) is 9.59 Å². The third-order valence-corrected chi connectivity index (χ3v) is 7.50.